The molecule has 0 saturated heterocycles. The molecule has 0 amide bonds. The minimum absolute atomic E-state index is 0.214. The zero-order valence-corrected chi connectivity index (χ0v) is 19.4. The summed E-state index contributed by atoms with van der Waals surface area (Å²) in [6, 6.07) is 15.6. The van der Waals surface area contributed by atoms with Gasteiger partial charge in [-0.2, -0.15) is 0 Å². The van der Waals surface area contributed by atoms with E-state index < -0.39 is 0 Å². The molecule has 0 radical (unpaired) electrons. The highest BCUT2D eigenvalue weighted by Crippen LogP contribution is 2.45. The summed E-state index contributed by atoms with van der Waals surface area (Å²) in [4.78, 5) is 33.7. The average molecular weight is 524 g/mol. The maximum atomic E-state index is 13.6. The van der Waals surface area contributed by atoms with Crippen molar-refractivity contribution in [1.82, 2.24) is 9.97 Å². The maximum absolute atomic E-state index is 13.6. The fourth-order valence-corrected chi connectivity index (χ4v) is 5.44. The van der Waals surface area contributed by atoms with Crippen LogP contribution in [0.4, 0.5) is 0 Å². The number of rotatable bonds is 2. The summed E-state index contributed by atoms with van der Waals surface area (Å²) in [5.74, 6) is -0.428. The second kappa shape index (κ2) is 6.93. The lowest BCUT2D eigenvalue weighted by Gasteiger charge is -2.19. The van der Waals surface area contributed by atoms with E-state index in [-0.39, 0.29) is 20.5 Å². The van der Waals surface area contributed by atoms with Gasteiger partial charge in [-0.3, -0.25) is 9.59 Å². The molecular weight excluding hydrogens is 508 g/mol. The molecule has 4 aromatic rings. The predicted octanol–water partition coefficient (Wildman–Crippen LogP) is 6.33. The van der Waals surface area contributed by atoms with E-state index in [1.807, 2.05) is 62.4 Å². The molecule has 148 valence electrons. The first-order valence-electron chi connectivity index (χ1n) is 9.44. The van der Waals surface area contributed by atoms with Crippen LogP contribution in [0.2, 0.25) is 0 Å². The number of carbonyl (C=O) groups excluding carboxylic acids is 2. The van der Waals surface area contributed by atoms with E-state index >= 15 is 0 Å². The van der Waals surface area contributed by atoms with Crippen LogP contribution in [0.3, 0.4) is 0 Å². The molecule has 0 unspecified atom stereocenters. The van der Waals surface area contributed by atoms with E-state index in [9.17, 15) is 9.59 Å². The molecule has 0 aliphatic heterocycles. The molecule has 30 heavy (non-hydrogen) atoms. The summed E-state index contributed by atoms with van der Waals surface area (Å²) in [7, 11) is 0. The third-order valence-corrected chi connectivity index (χ3v) is 7.09. The lowest BCUT2D eigenvalue weighted by atomic mass is 9.87. The van der Waals surface area contributed by atoms with Crippen molar-refractivity contribution in [2.24, 2.45) is 0 Å². The van der Waals surface area contributed by atoms with E-state index in [1.165, 1.54) is 0 Å². The Hall–Kier alpha value is -2.70. The molecular formula is C24H16Br2N2O2. The molecule has 0 bridgehead atoms. The Labute approximate surface area is 189 Å². The summed E-state index contributed by atoms with van der Waals surface area (Å²) in [6.07, 6.45) is 0. The van der Waals surface area contributed by atoms with E-state index in [1.54, 1.807) is 0 Å². The van der Waals surface area contributed by atoms with Gasteiger partial charge < -0.3 is 9.97 Å². The number of hydrogen-bond acceptors (Lipinski definition) is 2. The van der Waals surface area contributed by atoms with E-state index in [4.69, 9.17) is 0 Å². The van der Waals surface area contributed by atoms with Gasteiger partial charge in [0.15, 0.2) is 0 Å². The number of H-pyrrole nitrogens is 2. The Morgan fingerprint density at radius 3 is 1.40 bits per heavy atom. The largest absolute Gasteiger partial charge is 0.358 e. The summed E-state index contributed by atoms with van der Waals surface area (Å²) in [6.45, 7) is 3.83. The van der Waals surface area contributed by atoms with Crippen molar-refractivity contribution in [3.05, 3.63) is 80.0 Å². The zero-order chi connectivity index (χ0) is 21.2. The van der Waals surface area contributed by atoms with Crippen LogP contribution in [0.15, 0.2) is 57.5 Å². The minimum atomic E-state index is -0.214. The third kappa shape index (κ3) is 2.63. The van der Waals surface area contributed by atoms with Gasteiger partial charge in [-0.1, -0.05) is 36.4 Å². The van der Waals surface area contributed by atoms with Crippen molar-refractivity contribution in [1.29, 1.82) is 0 Å². The third-order valence-electron chi connectivity index (χ3n) is 5.58. The number of carbonyl (C=O) groups is 2. The Kier molecular flexibility index (Phi) is 4.45. The van der Waals surface area contributed by atoms with Crippen LogP contribution in [0.1, 0.15) is 22.5 Å². The fourth-order valence-electron chi connectivity index (χ4n) is 4.29. The van der Waals surface area contributed by atoms with Crippen LogP contribution in [0, 0.1) is 13.8 Å². The molecule has 2 N–H and O–H groups in total. The molecule has 2 aromatic heterocycles. The Morgan fingerprint density at radius 1 is 0.633 bits per heavy atom. The van der Waals surface area contributed by atoms with E-state index in [2.05, 4.69) is 41.8 Å². The van der Waals surface area contributed by atoms with Gasteiger partial charge in [0.25, 0.3) is 0 Å². The first kappa shape index (κ1) is 19.3. The number of hydrogen-bond donors (Lipinski definition) is 2. The van der Waals surface area contributed by atoms with Gasteiger partial charge in [0.2, 0.25) is 11.6 Å². The fraction of sp³-hybridized carbons (Fsp3) is 0.0833. The topological polar surface area (TPSA) is 65.7 Å². The van der Waals surface area contributed by atoms with Gasteiger partial charge in [-0.05, 0) is 57.8 Å². The van der Waals surface area contributed by atoms with Crippen molar-refractivity contribution >= 4 is 76.4 Å². The number of para-hydroxylation sites is 2. The Morgan fingerprint density at radius 2 is 1.00 bits per heavy atom. The lowest BCUT2D eigenvalue weighted by molar-refractivity contribution is -0.113. The number of fused-ring (bicyclic) bond motifs is 2. The number of aryl methyl sites for hydroxylation is 2. The van der Waals surface area contributed by atoms with Crippen molar-refractivity contribution in [3.8, 4) is 0 Å². The molecule has 6 heteroatoms. The van der Waals surface area contributed by atoms with Crippen LogP contribution in [0.5, 0.6) is 0 Å². The van der Waals surface area contributed by atoms with Crippen LogP contribution >= 0.6 is 31.9 Å². The molecule has 2 aromatic carbocycles. The minimum Gasteiger partial charge on any atom is -0.358 e. The summed E-state index contributed by atoms with van der Waals surface area (Å²) in [5, 5.41) is 1.82. The number of Topliss-reactive ketones (excluding diaryl/α,β-unsaturated/α-hetero) is 2. The SMILES string of the molecule is Cc1[nH]c2ccccc2c1C1=C(Br)C(=O)C(c2c(C)[nH]c3ccccc23)=C(Br)C1=O. The highest BCUT2D eigenvalue weighted by atomic mass is 79.9. The second-order valence-electron chi connectivity index (χ2n) is 7.38. The quantitative estimate of drug-likeness (QED) is 0.301. The highest BCUT2D eigenvalue weighted by Gasteiger charge is 2.37. The molecule has 0 spiro atoms. The maximum Gasteiger partial charge on any atom is 0.202 e. The number of nitrogens with one attached hydrogen (secondary N) is 2. The van der Waals surface area contributed by atoms with Crippen molar-refractivity contribution < 1.29 is 9.59 Å². The smallest absolute Gasteiger partial charge is 0.202 e. The monoisotopic (exact) mass is 522 g/mol. The molecule has 0 saturated carbocycles. The van der Waals surface area contributed by atoms with Crippen molar-refractivity contribution in [2.75, 3.05) is 0 Å². The molecule has 4 nitrogen and oxygen atoms in total. The first-order valence-corrected chi connectivity index (χ1v) is 11.0. The number of halogens is 2. The van der Waals surface area contributed by atoms with Crippen LogP contribution in [0.25, 0.3) is 33.0 Å². The lowest BCUT2D eigenvalue weighted by Crippen LogP contribution is -2.19. The van der Waals surface area contributed by atoms with Gasteiger partial charge in [-0.25, -0.2) is 0 Å². The van der Waals surface area contributed by atoms with Crippen LogP contribution in [-0.2, 0) is 9.59 Å². The summed E-state index contributed by atoms with van der Waals surface area (Å²) < 4.78 is 0.562. The molecule has 5 rings (SSSR count). The van der Waals surface area contributed by atoms with E-state index in [0.717, 1.165) is 44.3 Å². The van der Waals surface area contributed by atoms with Gasteiger partial charge in [0.05, 0.1) is 20.1 Å². The van der Waals surface area contributed by atoms with Crippen LogP contribution in [-0.4, -0.2) is 21.5 Å². The summed E-state index contributed by atoms with van der Waals surface area (Å²) >= 11 is 6.95. The predicted molar refractivity (Wildman–Crippen MR) is 128 cm³/mol. The number of ketones is 2. The zero-order valence-electron chi connectivity index (χ0n) is 16.2. The molecule has 0 atom stereocenters. The Balaban J connectivity index is 1.76. The Bertz CT molecular complexity index is 1360. The van der Waals surface area contributed by atoms with Crippen molar-refractivity contribution in [3.63, 3.8) is 0 Å². The van der Waals surface area contributed by atoms with Gasteiger partial charge >= 0.3 is 0 Å². The van der Waals surface area contributed by atoms with Crippen molar-refractivity contribution in [2.45, 2.75) is 13.8 Å². The first-order chi connectivity index (χ1) is 14.4. The number of aromatic amines is 2. The molecule has 1 aliphatic rings. The molecule has 2 heterocycles. The second-order valence-corrected chi connectivity index (χ2v) is 8.96. The molecule has 1 aliphatic carbocycles. The highest BCUT2D eigenvalue weighted by molar-refractivity contribution is 9.12. The average Bonchev–Trinajstić information content (AvgIpc) is 3.23. The van der Waals surface area contributed by atoms with Crippen LogP contribution < -0.4 is 0 Å². The normalized spacial score (nSPS) is 15.2. The molecule has 0 fully saturated rings. The standard InChI is InChI=1S/C24H16Br2N2O2/c1-11-17(13-7-3-5-9-15(13)27-11)19-21(25)24(30)20(22(26)23(19)29)18-12(2)28-16-10-6-4-8-14(16)18/h3-10,27-28H,1-2H3. The van der Waals surface area contributed by atoms with Gasteiger partial charge in [0, 0.05) is 44.3 Å². The number of aromatic nitrogens is 2. The van der Waals surface area contributed by atoms with Gasteiger partial charge in [0.1, 0.15) is 0 Å². The number of allylic oxidation sites excluding steroid dienone is 4. The summed E-state index contributed by atoms with van der Waals surface area (Å²) in [5.41, 5.74) is 5.80. The number of benzene rings is 2. The van der Waals surface area contributed by atoms with E-state index in [0.29, 0.717) is 11.1 Å². The van der Waals surface area contributed by atoms with Gasteiger partial charge in [-0.15, -0.1) is 0 Å².